The summed E-state index contributed by atoms with van der Waals surface area (Å²) in [5.74, 6) is 0.914. The van der Waals surface area contributed by atoms with Gasteiger partial charge in [0.2, 0.25) is 5.91 Å². The van der Waals surface area contributed by atoms with Crippen LogP contribution in [-0.4, -0.2) is 53.2 Å². The van der Waals surface area contributed by atoms with Crippen LogP contribution in [0.1, 0.15) is 22.4 Å². The minimum absolute atomic E-state index is 0. The Balaban J connectivity index is 0.00000289. The molecule has 2 N–H and O–H groups in total. The van der Waals surface area contributed by atoms with Gasteiger partial charge in [-0.15, -0.1) is 35.3 Å². The number of hydrogen-bond donors (Lipinski definition) is 2. The minimum Gasteiger partial charge on any atom is -0.356 e. The second-order valence-corrected chi connectivity index (χ2v) is 8.48. The summed E-state index contributed by atoms with van der Waals surface area (Å²) >= 11 is 1.79. The molecule has 2 aromatic heterocycles. The maximum atomic E-state index is 12.5. The highest BCUT2D eigenvalue weighted by atomic mass is 127. The van der Waals surface area contributed by atoms with Crippen molar-refractivity contribution >= 4 is 47.2 Å². The smallest absolute Gasteiger partial charge is 0.224 e. The lowest BCUT2D eigenvalue weighted by Gasteiger charge is -2.27. The van der Waals surface area contributed by atoms with E-state index in [1.807, 2.05) is 21.8 Å². The van der Waals surface area contributed by atoms with E-state index in [9.17, 15) is 4.79 Å². The summed E-state index contributed by atoms with van der Waals surface area (Å²) in [5.41, 5.74) is 3.59. The van der Waals surface area contributed by atoms with Crippen LogP contribution in [0.25, 0.3) is 5.69 Å². The molecule has 3 aromatic rings. The zero-order valence-corrected chi connectivity index (χ0v) is 21.3. The third kappa shape index (κ3) is 6.32. The monoisotopic (exact) mass is 564 g/mol. The second kappa shape index (κ2) is 12.0. The topological polar surface area (TPSA) is 74.6 Å². The van der Waals surface area contributed by atoms with Crippen molar-refractivity contribution in [1.29, 1.82) is 0 Å². The van der Waals surface area contributed by atoms with Crippen LogP contribution in [0.5, 0.6) is 0 Å². The summed E-state index contributed by atoms with van der Waals surface area (Å²) in [6, 6.07) is 12.4. The number of benzene rings is 1. The molecule has 1 aromatic carbocycles. The van der Waals surface area contributed by atoms with Crippen molar-refractivity contribution in [3.63, 3.8) is 0 Å². The van der Waals surface area contributed by atoms with E-state index in [4.69, 9.17) is 0 Å². The number of halogens is 1. The van der Waals surface area contributed by atoms with Crippen molar-refractivity contribution in [2.45, 2.75) is 25.8 Å². The van der Waals surface area contributed by atoms with Gasteiger partial charge in [-0.3, -0.25) is 9.79 Å². The van der Waals surface area contributed by atoms with Gasteiger partial charge in [0.25, 0.3) is 0 Å². The number of guanidine groups is 1. The molecule has 32 heavy (non-hydrogen) atoms. The first kappa shape index (κ1) is 24.2. The Morgan fingerprint density at radius 2 is 2.00 bits per heavy atom. The number of amides is 1. The minimum atomic E-state index is 0. The van der Waals surface area contributed by atoms with Crippen molar-refractivity contribution in [1.82, 2.24) is 25.3 Å². The van der Waals surface area contributed by atoms with Crippen molar-refractivity contribution in [2.24, 2.45) is 4.99 Å². The number of carbonyl (C=O) groups excluding carboxylic acids is 1. The summed E-state index contributed by atoms with van der Waals surface area (Å²) in [7, 11) is 1.75. The molecule has 0 atom stereocenters. The van der Waals surface area contributed by atoms with Gasteiger partial charge in [0.1, 0.15) is 0 Å². The fraction of sp³-hybridized carbons (Fsp3) is 0.348. The van der Waals surface area contributed by atoms with Gasteiger partial charge in [0.05, 0.1) is 5.69 Å². The summed E-state index contributed by atoms with van der Waals surface area (Å²) in [6.07, 6.45) is 6.03. The molecule has 170 valence electrons. The number of aromatic nitrogens is 2. The molecule has 0 bridgehead atoms. The normalized spacial score (nSPS) is 13.3. The number of hydrogen-bond acceptors (Lipinski definition) is 4. The Labute approximate surface area is 209 Å². The summed E-state index contributed by atoms with van der Waals surface area (Å²) in [4.78, 5) is 20.2. The van der Waals surface area contributed by atoms with Crippen LogP contribution in [0.15, 0.2) is 59.2 Å². The van der Waals surface area contributed by atoms with Crippen LogP contribution >= 0.6 is 35.3 Å². The van der Waals surface area contributed by atoms with Gasteiger partial charge in [-0.2, -0.15) is 5.10 Å². The second-order valence-electron chi connectivity index (χ2n) is 7.48. The van der Waals surface area contributed by atoms with Crippen LogP contribution in [-0.2, 0) is 24.2 Å². The van der Waals surface area contributed by atoms with Crippen LogP contribution in [0.3, 0.4) is 0 Å². The Bertz CT molecular complexity index is 1020. The lowest BCUT2D eigenvalue weighted by Crippen LogP contribution is -2.41. The number of aliphatic imine (C=N–C) groups is 1. The van der Waals surface area contributed by atoms with Gasteiger partial charge in [0, 0.05) is 56.9 Å². The largest absolute Gasteiger partial charge is 0.356 e. The van der Waals surface area contributed by atoms with E-state index < -0.39 is 0 Å². The molecule has 0 unspecified atom stereocenters. The average Bonchev–Trinajstić information content (AvgIpc) is 3.50. The molecule has 1 aliphatic heterocycles. The van der Waals surface area contributed by atoms with E-state index in [0.717, 1.165) is 44.1 Å². The first-order chi connectivity index (χ1) is 15.2. The maximum absolute atomic E-state index is 12.5. The number of rotatable bonds is 7. The van der Waals surface area contributed by atoms with Gasteiger partial charge < -0.3 is 15.5 Å². The number of carbonyl (C=O) groups is 1. The molecule has 0 aliphatic carbocycles. The zero-order chi connectivity index (χ0) is 21.5. The molecule has 4 rings (SSSR count). The van der Waals surface area contributed by atoms with Crippen LogP contribution in [0.4, 0.5) is 0 Å². The van der Waals surface area contributed by atoms with Gasteiger partial charge in [-0.05, 0) is 53.6 Å². The Hall–Kier alpha value is -2.40. The van der Waals surface area contributed by atoms with E-state index >= 15 is 0 Å². The number of fused-ring (bicyclic) bond motifs is 1. The van der Waals surface area contributed by atoms with Crippen LogP contribution < -0.4 is 10.6 Å². The molecule has 0 radical (unpaired) electrons. The molecule has 0 saturated heterocycles. The van der Waals surface area contributed by atoms with Crippen molar-refractivity contribution in [3.8, 4) is 5.69 Å². The highest BCUT2D eigenvalue weighted by Crippen LogP contribution is 2.24. The standard InChI is InChI=1S/C23H28N6OS.HI/c1-24-23(25-12-7-18-3-5-20(6-4-18)29-14-2-11-27-29)26-13-8-22(30)28-15-9-21-19(17-28)10-16-31-21;/h2-6,10-11,14,16H,7-9,12-13,15,17H2,1H3,(H2,24,25,26);1H. The molecule has 1 amide bonds. The predicted molar refractivity (Wildman–Crippen MR) is 140 cm³/mol. The summed E-state index contributed by atoms with van der Waals surface area (Å²) in [5, 5.41) is 12.9. The van der Waals surface area contributed by atoms with E-state index in [1.54, 1.807) is 24.6 Å². The predicted octanol–water partition coefficient (Wildman–Crippen LogP) is 3.23. The number of nitrogens with zero attached hydrogens (tertiary/aromatic N) is 4. The van der Waals surface area contributed by atoms with E-state index in [1.165, 1.54) is 16.0 Å². The third-order valence-electron chi connectivity index (χ3n) is 5.43. The first-order valence-corrected chi connectivity index (χ1v) is 11.5. The van der Waals surface area contributed by atoms with Gasteiger partial charge in [-0.1, -0.05) is 12.1 Å². The van der Waals surface area contributed by atoms with Crippen molar-refractivity contribution in [3.05, 3.63) is 70.2 Å². The molecule has 1 aliphatic rings. The van der Waals surface area contributed by atoms with Gasteiger partial charge in [0.15, 0.2) is 5.96 Å². The number of thiophene rings is 1. The fourth-order valence-corrected chi connectivity index (χ4v) is 4.58. The van der Waals surface area contributed by atoms with E-state index in [-0.39, 0.29) is 29.9 Å². The maximum Gasteiger partial charge on any atom is 0.224 e. The zero-order valence-electron chi connectivity index (χ0n) is 18.2. The van der Waals surface area contributed by atoms with E-state index in [2.05, 4.69) is 56.4 Å². The van der Waals surface area contributed by atoms with Crippen molar-refractivity contribution in [2.75, 3.05) is 26.7 Å². The lowest BCUT2D eigenvalue weighted by molar-refractivity contribution is -0.131. The van der Waals surface area contributed by atoms with Gasteiger partial charge in [-0.25, -0.2) is 4.68 Å². The lowest BCUT2D eigenvalue weighted by atomic mass is 10.1. The van der Waals surface area contributed by atoms with E-state index in [0.29, 0.717) is 13.0 Å². The average molecular weight is 564 g/mol. The SMILES string of the molecule is CN=C(NCCC(=O)N1CCc2sccc2C1)NCCc1ccc(-n2cccn2)cc1.I. The Kier molecular flexibility index (Phi) is 9.10. The number of nitrogens with one attached hydrogen (secondary N) is 2. The van der Waals surface area contributed by atoms with Crippen LogP contribution in [0, 0.1) is 0 Å². The quantitative estimate of drug-likeness (QED) is 0.263. The molecule has 9 heteroatoms. The molecule has 7 nitrogen and oxygen atoms in total. The summed E-state index contributed by atoms with van der Waals surface area (Å²) < 4.78 is 1.85. The fourth-order valence-electron chi connectivity index (χ4n) is 3.69. The molecule has 0 saturated carbocycles. The molecule has 0 spiro atoms. The van der Waals surface area contributed by atoms with Gasteiger partial charge >= 0.3 is 0 Å². The highest BCUT2D eigenvalue weighted by molar-refractivity contribution is 14.0. The third-order valence-corrected chi connectivity index (χ3v) is 6.45. The molecule has 0 fully saturated rings. The Morgan fingerprint density at radius 3 is 2.75 bits per heavy atom. The molecular formula is C23H29IN6OS. The first-order valence-electron chi connectivity index (χ1n) is 10.6. The molecular weight excluding hydrogens is 535 g/mol. The Morgan fingerprint density at radius 1 is 1.19 bits per heavy atom. The molecule has 3 heterocycles. The van der Waals surface area contributed by atoms with Crippen LogP contribution in [0.2, 0.25) is 0 Å². The summed E-state index contributed by atoms with van der Waals surface area (Å²) in [6.45, 7) is 2.90. The van der Waals surface area contributed by atoms with Crippen molar-refractivity contribution < 1.29 is 4.79 Å². The highest BCUT2D eigenvalue weighted by Gasteiger charge is 2.20.